The maximum Gasteiger partial charge on any atom is 0.279 e. The van der Waals surface area contributed by atoms with Gasteiger partial charge in [0.15, 0.2) is 11.6 Å². The van der Waals surface area contributed by atoms with Gasteiger partial charge in [0.1, 0.15) is 5.69 Å². The second-order valence-corrected chi connectivity index (χ2v) is 6.19. The van der Waals surface area contributed by atoms with Crippen LogP contribution in [0, 0.1) is 11.6 Å². The number of aromatic nitrogens is 2. The smallest absolute Gasteiger partial charge is 0.279 e. The zero-order chi connectivity index (χ0) is 19.7. The number of rotatable bonds is 3. The number of benzene rings is 3. The molecule has 0 amide bonds. The highest BCUT2D eigenvalue weighted by atomic mass is 19.1. The van der Waals surface area contributed by atoms with Crippen molar-refractivity contribution in [3.8, 4) is 16.9 Å². The van der Waals surface area contributed by atoms with Crippen LogP contribution in [0.2, 0.25) is 0 Å². The van der Waals surface area contributed by atoms with Crippen molar-refractivity contribution in [1.29, 1.82) is 0 Å². The first kappa shape index (κ1) is 20.0. The van der Waals surface area contributed by atoms with Crippen molar-refractivity contribution in [3.05, 3.63) is 94.3 Å². The van der Waals surface area contributed by atoms with Crippen LogP contribution in [-0.2, 0) is 0 Å². The summed E-state index contributed by atoms with van der Waals surface area (Å²) in [6, 6.07) is 17.7. The van der Waals surface area contributed by atoms with Crippen LogP contribution in [0.25, 0.3) is 27.7 Å². The van der Waals surface area contributed by atoms with E-state index in [1.54, 1.807) is 37.5 Å². The highest BCUT2D eigenvalue weighted by molar-refractivity contribution is 5.95. The van der Waals surface area contributed by atoms with Crippen molar-refractivity contribution in [3.63, 3.8) is 0 Å². The zero-order valence-corrected chi connectivity index (χ0v) is 15.4. The lowest BCUT2D eigenvalue weighted by Gasteiger charge is -2.12. The van der Waals surface area contributed by atoms with Gasteiger partial charge in [-0.2, -0.15) is 9.78 Å². The largest absolute Gasteiger partial charge is 0.412 e. The Morgan fingerprint density at radius 1 is 0.931 bits per heavy atom. The molecule has 0 fully saturated rings. The quantitative estimate of drug-likeness (QED) is 0.499. The van der Waals surface area contributed by atoms with Gasteiger partial charge in [0.25, 0.3) is 5.56 Å². The van der Waals surface area contributed by atoms with Gasteiger partial charge in [-0.3, -0.25) is 9.79 Å². The fourth-order valence-corrected chi connectivity index (χ4v) is 3.16. The third-order valence-corrected chi connectivity index (χ3v) is 4.39. The summed E-state index contributed by atoms with van der Waals surface area (Å²) in [6.45, 7) is 0. The molecular weight excluding hydrogens is 376 g/mol. The Hall–Kier alpha value is -3.71. The van der Waals surface area contributed by atoms with Crippen molar-refractivity contribution in [1.82, 2.24) is 9.78 Å². The van der Waals surface area contributed by atoms with Crippen molar-refractivity contribution < 1.29 is 14.3 Å². The molecule has 0 aliphatic rings. The molecule has 146 valence electrons. The van der Waals surface area contributed by atoms with Gasteiger partial charge >= 0.3 is 0 Å². The molecule has 3 aromatic carbocycles. The summed E-state index contributed by atoms with van der Waals surface area (Å²) in [7, 11) is 1.67. The van der Waals surface area contributed by atoms with E-state index in [0.717, 1.165) is 22.4 Å². The molecule has 0 atom stereocenters. The molecule has 0 aliphatic carbocycles. The number of nitrogens with zero attached hydrogens (tertiary/aromatic N) is 3. The van der Waals surface area contributed by atoms with Gasteiger partial charge < -0.3 is 5.48 Å². The van der Waals surface area contributed by atoms with E-state index < -0.39 is 22.9 Å². The molecule has 0 bridgehead atoms. The van der Waals surface area contributed by atoms with Gasteiger partial charge in [-0.05, 0) is 29.8 Å². The van der Waals surface area contributed by atoms with Crippen LogP contribution in [-0.4, -0.2) is 28.5 Å². The van der Waals surface area contributed by atoms with Gasteiger partial charge in [-0.1, -0.05) is 42.5 Å². The molecule has 1 aromatic heterocycles. The summed E-state index contributed by atoms with van der Waals surface area (Å²) in [6.07, 6.45) is 1.69. The van der Waals surface area contributed by atoms with Gasteiger partial charge in [-0.25, -0.2) is 8.78 Å². The van der Waals surface area contributed by atoms with Crippen LogP contribution in [0.15, 0.2) is 76.5 Å². The molecule has 4 rings (SSSR count). The Morgan fingerprint density at radius 2 is 1.59 bits per heavy atom. The minimum Gasteiger partial charge on any atom is -0.412 e. The summed E-state index contributed by atoms with van der Waals surface area (Å²) in [5.41, 5.74) is 0.921. The molecule has 5 nitrogen and oxygen atoms in total. The Kier molecular flexibility index (Phi) is 5.61. The van der Waals surface area contributed by atoms with Crippen LogP contribution in [0.1, 0.15) is 5.56 Å². The Bertz CT molecular complexity index is 1260. The lowest BCUT2D eigenvalue weighted by atomic mass is 10.0. The van der Waals surface area contributed by atoms with E-state index >= 15 is 0 Å². The van der Waals surface area contributed by atoms with Crippen LogP contribution >= 0.6 is 0 Å². The summed E-state index contributed by atoms with van der Waals surface area (Å²) in [4.78, 5) is 16.9. The van der Waals surface area contributed by atoms with E-state index in [-0.39, 0.29) is 5.48 Å². The molecule has 0 unspecified atom stereocenters. The number of hydrogen-bond donors (Lipinski definition) is 0. The Labute approximate surface area is 164 Å². The minimum atomic E-state index is -0.859. The van der Waals surface area contributed by atoms with Crippen LogP contribution < -0.4 is 5.56 Å². The summed E-state index contributed by atoms with van der Waals surface area (Å²) in [5.74, 6) is -1.72. The standard InChI is InChI=1S/C22H15F2N3O.H2O/c1-25-13-14-6-4-7-15(12-14)20-16-8-2-3-9-17(16)22(28)27(26-20)21-18(23)10-5-11-19(21)24;/h2-13H,1H3;1H2. The lowest BCUT2D eigenvalue weighted by molar-refractivity contribution is 0.556. The van der Waals surface area contributed by atoms with Crippen molar-refractivity contribution in [2.75, 3.05) is 7.05 Å². The first-order valence-electron chi connectivity index (χ1n) is 8.59. The molecule has 0 radical (unpaired) electrons. The zero-order valence-electron chi connectivity index (χ0n) is 15.4. The van der Waals surface area contributed by atoms with Gasteiger partial charge in [0, 0.05) is 24.2 Å². The summed E-state index contributed by atoms with van der Waals surface area (Å²) >= 11 is 0. The maximum absolute atomic E-state index is 14.4. The van der Waals surface area contributed by atoms with Crippen molar-refractivity contribution in [2.45, 2.75) is 0 Å². The number of aliphatic imine (C=N–C) groups is 1. The molecule has 4 aromatic rings. The number of halogens is 2. The third kappa shape index (κ3) is 3.55. The van der Waals surface area contributed by atoms with Crippen LogP contribution in [0.5, 0.6) is 0 Å². The van der Waals surface area contributed by atoms with E-state index in [1.807, 2.05) is 24.3 Å². The van der Waals surface area contributed by atoms with E-state index in [0.29, 0.717) is 22.0 Å². The number of hydrogen-bond acceptors (Lipinski definition) is 3. The Balaban J connectivity index is 0.00000240. The van der Waals surface area contributed by atoms with Gasteiger partial charge in [0.05, 0.1) is 11.1 Å². The van der Waals surface area contributed by atoms with Crippen LogP contribution in [0.4, 0.5) is 8.78 Å². The van der Waals surface area contributed by atoms with Gasteiger partial charge in [-0.15, -0.1) is 0 Å². The lowest BCUT2D eigenvalue weighted by Crippen LogP contribution is -2.24. The van der Waals surface area contributed by atoms with Gasteiger partial charge in [0.2, 0.25) is 0 Å². The monoisotopic (exact) mass is 393 g/mol. The predicted octanol–water partition coefficient (Wildman–Crippen LogP) is 3.55. The fourth-order valence-electron chi connectivity index (χ4n) is 3.16. The third-order valence-electron chi connectivity index (χ3n) is 4.39. The molecule has 29 heavy (non-hydrogen) atoms. The van der Waals surface area contributed by atoms with Crippen LogP contribution in [0.3, 0.4) is 0 Å². The average molecular weight is 393 g/mol. The molecule has 0 spiro atoms. The number of fused-ring (bicyclic) bond motifs is 1. The first-order chi connectivity index (χ1) is 13.6. The van der Waals surface area contributed by atoms with E-state index in [1.165, 1.54) is 6.07 Å². The molecule has 0 saturated heterocycles. The molecule has 2 N–H and O–H groups in total. The minimum absolute atomic E-state index is 0. The summed E-state index contributed by atoms with van der Waals surface area (Å²) < 4.78 is 29.5. The topological polar surface area (TPSA) is 78.8 Å². The van der Waals surface area contributed by atoms with E-state index in [2.05, 4.69) is 10.1 Å². The number of para-hydroxylation sites is 1. The fraction of sp³-hybridized carbons (Fsp3) is 0.0455. The highest BCUT2D eigenvalue weighted by Gasteiger charge is 2.18. The molecular formula is C22H17F2N3O2. The molecule has 0 aliphatic heterocycles. The first-order valence-corrected chi connectivity index (χ1v) is 8.59. The average Bonchev–Trinajstić information content (AvgIpc) is 2.70. The maximum atomic E-state index is 14.4. The van der Waals surface area contributed by atoms with E-state index in [4.69, 9.17) is 0 Å². The highest BCUT2D eigenvalue weighted by Crippen LogP contribution is 2.26. The second kappa shape index (κ2) is 8.12. The molecule has 0 saturated carbocycles. The van der Waals surface area contributed by atoms with Crippen molar-refractivity contribution >= 4 is 17.0 Å². The molecule has 1 heterocycles. The predicted molar refractivity (Wildman–Crippen MR) is 110 cm³/mol. The second-order valence-electron chi connectivity index (χ2n) is 6.19. The van der Waals surface area contributed by atoms with E-state index in [9.17, 15) is 13.6 Å². The normalized spacial score (nSPS) is 11.0. The molecule has 7 heteroatoms. The van der Waals surface area contributed by atoms with Crippen molar-refractivity contribution in [2.24, 2.45) is 4.99 Å². The Morgan fingerprint density at radius 3 is 2.28 bits per heavy atom. The SMILES string of the molecule is CN=Cc1cccc(-c2nn(-c3c(F)cccc3F)c(=O)c3ccccc23)c1.O. The summed E-state index contributed by atoms with van der Waals surface area (Å²) in [5, 5.41) is 5.27.